The first-order chi connectivity index (χ1) is 10.8. The van der Waals surface area contributed by atoms with Crippen LogP contribution in [0, 0.1) is 0 Å². The van der Waals surface area contributed by atoms with Crippen molar-refractivity contribution in [2.24, 2.45) is 0 Å². The Kier molecular flexibility index (Phi) is 4.53. The van der Waals surface area contributed by atoms with Crippen molar-refractivity contribution >= 4 is 7.12 Å². The van der Waals surface area contributed by atoms with Crippen LogP contribution in [-0.4, -0.2) is 49.2 Å². The lowest BCUT2D eigenvalue weighted by molar-refractivity contribution is -0.114. The highest BCUT2D eigenvalue weighted by atomic mass is 19.2. The van der Waals surface area contributed by atoms with Gasteiger partial charge in [-0.05, 0) is 33.3 Å². The molecule has 2 saturated heterocycles. The van der Waals surface area contributed by atoms with Crippen molar-refractivity contribution in [2.45, 2.75) is 50.8 Å². The monoisotopic (exact) mass is 321 g/mol. The van der Waals surface area contributed by atoms with Gasteiger partial charge in [0.25, 0.3) is 0 Å². The van der Waals surface area contributed by atoms with E-state index in [1.54, 1.807) is 0 Å². The number of hydrogen-bond acceptors (Lipinski definition) is 4. The zero-order valence-electron chi connectivity index (χ0n) is 14.3. The molecule has 2 unspecified atom stereocenters. The number of rotatable bonds is 3. The Labute approximate surface area is 138 Å². The molecule has 2 fully saturated rings. The largest absolute Gasteiger partial charge is 0.467 e. The summed E-state index contributed by atoms with van der Waals surface area (Å²) in [6.07, 6.45) is 0. The number of nitrogens with zero attached hydrogens (tertiary/aromatic N) is 1. The van der Waals surface area contributed by atoms with Crippen molar-refractivity contribution in [1.29, 1.82) is 0 Å². The molecule has 126 valence electrons. The summed E-state index contributed by atoms with van der Waals surface area (Å²) in [6.45, 7) is 9.07. The van der Waals surface area contributed by atoms with E-state index in [1.807, 2.05) is 58.0 Å². The molecule has 0 saturated carbocycles. The normalized spacial score (nSPS) is 28.7. The standard InChI is InChI=1S/C17H25BFNO3/c1-16(2)17(3,4)23-18(22-16)15(13-8-6-5-7-9-13)14-12-21-11-10-20(14)19/h5-9,14-15H,10-12H2,1-4H3. The van der Waals surface area contributed by atoms with Gasteiger partial charge in [-0.15, -0.1) is 9.60 Å². The second-order valence-corrected chi connectivity index (χ2v) is 7.33. The van der Waals surface area contributed by atoms with Crippen LogP contribution < -0.4 is 0 Å². The predicted molar refractivity (Wildman–Crippen MR) is 87.7 cm³/mol. The summed E-state index contributed by atoms with van der Waals surface area (Å²) in [5, 5.41) is 0.867. The molecule has 1 aromatic carbocycles. The molecule has 0 aliphatic carbocycles. The van der Waals surface area contributed by atoms with Crippen LogP contribution in [0.25, 0.3) is 0 Å². The van der Waals surface area contributed by atoms with Crippen molar-refractivity contribution in [2.75, 3.05) is 19.8 Å². The topological polar surface area (TPSA) is 30.9 Å². The minimum Gasteiger partial charge on any atom is -0.403 e. The first-order valence-corrected chi connectivity index (χ1v) is 8.22. The van der Waals surface area contributed by atoms with E-state index in [4.69, 9.17) is 14.0 Å². The van der Waals surface area contributed by atoms with Crippen molar-refractivity contribution < 1.29 is 18.5 Å². The predicted octanol–water partition coefficient (Wildman–Crippen LogP) is 2.99. The van der Waals surface area contributed by atoms with Gasteiger partial charge in [0.2, 0.25) is 0 Å². The number of morpholine rings is 1. The molecule has 3 rings (SSSR count). The lowest BCUT2D eigenvalue weighted by Gasteiger charge is -2.35. The van der Waals surface area contributed by atoms with Gasteiger partial charge in [-0.1, -0.05) is 30.3 Å². The Balaban J connectivity index is 1.93. The van der Waals surface area contributed by atoms with Gasteiger partial charge in [0.05, 0.1) is 37.0 Å². The molecule has 23 heavy (non-hydrogen) atoms. The van der Waals surface area contributed by atoms with Gasteiger partial charge < -0.3 is 14.0 Å². The van der Waals surface area contributed by atoms with Crippen LogP contribution in [0.4, 0.5) is 4.48 Å². The lowest BCUT2D eigenvalue weighted by atomic mass is 9.64. The maximum absolute atomic E-state index is 14.5. The van der Waals surface area contributed by atoms with Crippen molar-refractivity contribution in [3.05, 3.63) is 35.9 Å². The Morgan fingerprint density at radius 3 is 2.30 bits per heavy atom. The van der Waals surface area contributed by atoms with Gasteiger partial charge in [-0.25, -0.2) is 0 Å². The van der Waals surface area contributed by atoms with Crippen LogP contribution in [0.15, 0.2) is 30.3 Å². The molecule has 0 amide bonds. The summed E-state index contributed by atoms with van der Waals surface area (Å²) in [5.74, 6) is -0.248. The van der Waals surface area contributed by atoms with Crippen LogP contribution in [-0.2, 0) is 14.0 Å². The van der Waals surface area contributed by atoms with E-state index in [2.05, 4.69) is 0 Å². The highest BCUT2D eigenvalue weighted by Gasteiger charge is 2.56. The molecule has 4 nitrogen and oxygen atoms in total. The third-order valence-electron chi connectivity index (χ3n) is 5.26. The Morgan fingerprint density at radius 2 is 1.74 bits per heavy atom. The van der Waals surface area contributed by atoms with Gasteiger partial charge in [0.15, 0.2) is 0 Å². The summed E-state index contributed by atoms with van der Waals surface area (Å²) in [7, 11) is -0.507. The summed E-state index contributed by atoms with van der Waals surface area (Å²) >= 11 is 0. The average Bonchev–Trinajstić information content (AvgIpc) is 2.70. The van der Waals surface area contributed by atoms with E-state index in [0.29, 0.717) is 13.2 Å². The molecule has 2 aliphatic heterocycles. The summed E-state index contributed by atoms with van der Waals surface area (Å²) in [6, 6.07) is 9.45. The van der Waals surface area contributed by atoms with Crippen molar-refractivity contribution in [3.8, 4) is 0 Å². The molecular formula is C17H25BFNO3. The van der Waals surface area contributed by atoms with Gasteiger partial charge in [0, 0.05) is 5.82 Å². The molecule has 2 heterocycles. The van der Waals surface area contributed by atoms with Gasteiger partial charge in [-0.3, -0.25) is 0 Å². The van der Waals surface area contributed by atoms with Crippen molar-refractivity contribution in [1.82, 2.24) is 5.12 Å². The number of benzene rings is 1. The summed E-state index contributed by atoms with van der Waals surface area (Å²) < 4.78 is 32.4. The van der Waals surface area contributed by atoms with E-state index in [1.165, 1.54) is 0 Å². The number of hydrogen-bond donors (Lipinski definition) is 0. The molecule has 0 bridgehead atoms. The van der Waals surface area contributed by atoms with E-state index in [0.717, 1.165) is 10.7 Å². The quantitative estimate of drug-likeness (QED) is 0.633. The minimum absolute atomic E-state index is 0.248. The van der Waals surface area contributed by atoms with E-state index in [-0.39, 0.29) is 12.4 Å². The van der Waals surface area contributed by atoms with Gasteiger partial charge >= 0.3 is 7.12 Å². The van der Waals surface area contributed by atoms with Crippen molar-refractivity contribution in [3.63, 3.8) is 0 Å². The Morgan fingerprint density at radius 1 is 1.13 bits per heavy atom. The molecule has 0 aromatic heterocycles. The van der Waals surface area contributed by atoms with Crippen LogP contribution >= 0.6 is 0 Å². The van der Waals surface area contributed by atoms with E-state index in [9.17, 15) is 4.48 Å². The molecule has 2 atom stereocenters. The maximum atomic E-state index is 14.5. The maximum Gasteiger partial charge on any atom is 0.467 e. The van der Waals surface area contributed by atoms with Crippen LogP contribution in [0.2, 0.25) is 0 Å². The van der Waals surface area contributed by atoms with E-state index < -0.39 is 24.4 Å². The second kappa shape index (κ2) is 6.17. The fraction of sp³-hybridized carbons (Fsp3) is 0.647. The fourth-order valence-corrected chi connectivity index (χ4v) is 3.15. The third-order valence-corrected chi connectivity index (χ3v) is 5.26. The molecular weight excluding hydrogens is 296 g/mol. The molecule has 0 N–H and O–H groups in total. The van der Waals surface area contributed by atoms with Crippen LogP contribution in [0.3, 0.4) is 0 Å². The average molecular weight is 321 g/mol. The highest BCUT2D eigenvalue weighted by Crippen LogP contribution is 2.42. The first-order valence-electron chi connectivity index (χ1n) is 8.22. The number of halogens is 1. The zero-order chi connectivity index (χ0) is 16.7. The molecule has 0 spiro atoms. The van der Waals surface area contributed by atoms with Gasteiger partial charge in [-0.2, -0.15) is 0 Å². The molecule has 6 heteroatoms. The minimum atomic E-state index is -0.507. The first kappa shape index (κ1) is 16.9. The summed E-state index contributed by atoms with van der Waals surface area (Å²) in [4.78, 5) is 0. The van der Waals surface area contributed by atoms with Crippen LogP contribution in [0.5, 0.6) is 0 Å². The SMILES string of the molecule is CC1(C)OB(C(c2ccccc2)C2COCCN2F)OC1(C)C. The second-order valence-electron chi connectivity index (χ2n) is 7.33. The molecule has 1 aromatic rings. The zero-order valence-corrected chi connectivity index (χ0v) is 14.3. The smallest absolute Gasteiger partial charge is 0.403 e. The molecule has 0 radical (unpaired) electrons. The third kappa shape index (κ3) is 3.18. The van der Waals surface area contributed by atoms with Gasteiger partial charge in [0.1, 0.15) is 0 Å². The molecule has 2 aliphatic rings. The number of ether oxygens (including phenoxy) is 1. The van der Waals surface area contributed by atoms with Crippen LogP contribution in [0.1, 0.15) is 39.1 Å². The van der Waals surface area contributed by atoms with E-state index >= 15 is 0 Å². The Hall–Kier alpha value is -0.945. The summed E-state index contributed by atoms with van der Waals surface area (Å²) in [5.41, 5.74) is 0.118. The lowest BCUT2D eigenvalue weighted by Crippen LogP contribution is -2.49. The Bertz CT molecular complexity index is 524. The fourth-order valence-electron chi connectivity index (χ4n) is 3.15. The highest BCUT2D eigenvalue weighted by molar-refractivity contribution is 6.48.